The van der Waals surface area contributed by atoms with Crippen LogP contribution in [0.4, 0.5) is 27.6 Å². The van der Waals surface area contributed by atoms with E-state index < -0.39 is 34.7 Å². The minimum absolute atomic E-state index is 0.241. The van der Waals surface area contributed by atoms with Crippen LogP contribution in [0.1, 0.15) is 34.3 Å². The van der Waals surface area contributed by atoms with Gasteiger partial charge >= 0.3 is 6.18 Å². The minimum Gasteiger partial charge on any atom is -0.307 e. The van der Waals surface area contributed by atoms with Crippen LogP contribution in [0.3, 0.4) is 0 Å². The van der Waals surface area contributed by atoms with Crippen LogP contribution in [-0.2, 0) is 11.6 Å². The van der Waals surface area contributed by atoms with Crippen molar-refractivity contribution in [2.75, 3.05) is 31.1 Å². The van der Waals surface area contributed by atoms with Gasteiger partial charge in [-0.1, -0.05) is 6.08 Å². The highest BCUT2D eigenvalue weighted by atomic mass is 19.4. The molecule has 0 unspecified atom stereocenters. The van der Waals surface area contributed by atoms with Crippen molar-refractivity contribution in [2.45, 2.75) is 24.4 Å². The molecule has 1 saturated heterocycles. The van der Waals surface area contributed by atoms with Gasteiger partial charge in [-0.15, -0.1) is 6.58 Å². The number of anilines is 1. The lowest BCUT2D eigenvalue weighted by Gasteiger charge is -2.39. The lowest BCUT2D eigenvalue weighted by Crippen LogP contribution is -2.46. The average Bonchev–Trinajstić information content (AvgIpc) is 3.02. The zero-order valence-electron chi connectivity index (χ0n) is 16.7. The van der Waals surface area contributed by atoms with Crippen molar-refractivity contribution in [3.8, 4) is 0 Å². The SMILES string of the molecule is C=CCN1CCC2(CC1)CN(C(=O)c1ccc(F)c(C(F)(F)F)c1)c1ccc(F)cc12. The van der Waals surface area contributed by atoms with E-state index in [0.717, 1.165) is 25.7 Å². The maximum absolute atomic E-state index is 14.1. The third-order valence-corrected chi connectivity index (χ3v) is 6.25. The summed E-state index contributed by atoms with van der Waals surface area (Å²) in [5, 5.41) is 0. The Morgan fingerprint density at radius 2 is 1.81 bits per heavy atom. The van der Waals surface area contributed by atoms with Crippen molar-refractivity contribution in [3.63, 3.8) is 0 Å². The zero-order chi connectivity index (χ0) is 22.4. The molecule has 1 spiro atoms. The van der Waals surface area contributed by atoms with E-state index in [2.05, 4.69) is 11.5 Å². The molecule has 31 heavy (non-hydrogen) atoms. The topological polar surface area (TPSA) is 23.6 Å². The first-order valence-electron chi connectivity index (χ1n) is 9.96. The second kappa shape index (κ2) is 7.75. The monoisotopic (exact) mass is 436 g/mol. The third-order valence-electron chi connectivity index (χ3n) is 6.25. The van der Waals surface area contributed by atoms with E-state index >= 15 is 0 Å². The Morgan fingerprint density at radius 1 is 1.10 bits per heavy atom. The molecule has 2 aliphatic heterocycles. The summed E-state index contributed by atoms with van der Waals surface area (Å²) in [7, 11) is 0. The van der Waals surface area contributed by atoms with E-state index in [0.29, 0.717) is 36.2 Å². The summed E-state index contributed by atoms with van der Waals surface area (Å²) >= 11 is 0. The number of benzene rings is 2. The number of nitrogens with zero attached hydrogens (tertiary/aromatic N) is 2. The molecule has 3 nitrogen and oxygen atoms in total. The fourth-order valence-corrected chi connectivity index (χ4v) is 4.63. The van der Waals surface area contributed by atoms with Gasteiger partial charge in [-0.2, -0.15) is 13.2 Å². The molecule has 2 aromatic rings. The number of rotatable bonds is 3. The fraction of sp³-hybridized carbons (Fsp3) is 0.348. The van der Waals surface area contributed by atoms with Gasteiger partial charge < -0.3 is 4.90 Å². The van der Waals surface area contributed by atoms with Gasteiger partial charge in [0.2, 0.25) is 0 Å². The lowest BCUT2D eigenvalue weighted by atomic mass is 9.74. The molecule has 2 aliphatic rings. The van der Waals surface area contributed by atoms with Crippen LogP contribution in [0.2, 0.25) is 0 Å². The first-order chi connectivity index (χ1) is 14.6. The number of carbonyl (C=O) groups is 1. The van der Waals surface area contributed by atoms with Gasteiger partial charge in [0.05, 0.1) is 5.56 Å². The second-order valence-corrected chi connectivity index (χ2v) is 8.11. The summed E-state index contributed by atoms with van der Waals surface area (Å²) in [5.41, 5.74) is -1.04. The molecule has 0 N–H and O–H groups in total. The van der Waals surface area contributed by atoms with Crippen molar-refractivity contribution >= 4 is 11.6 Å². The van der Waals surface area contributed by atoms with Gasteiger partial charge in [0.25, 0.3) is 5.91 Å². The van der Waals surface area contributed by atoms with Crippen molar-refractivity contribution in [3.05, 3.63) is 77.4 Å². The number of carbonyl (C=O) groups excluding carboxylic acids is 1. The van der Waals surface area contributed by atoms with Crippen LogP contribution in [0.15, 0.2) is 49.1 Å². The molecule has 164 valence electrons. The standard InChI is InChI=1S/C23H21F5N2O/c1-2-9-29-10-7-22(8-11-29)14-30(20-6-4-16(24)13-18(20)22)21(31)15-3-5-19(25)17(12-15)23(26,27)28/h2-6,12-13H,1,7-11,14H2. The Balaban J connectivity index is 1.69. The van der Waals surface area contributed by atoms with Crippen molar-refractivity contribution in [2.24, 2.45) is 0 Å². The number of alkyl halides is 3. The molecule has 0 aliphatic carbocycles. The molecule has 1 amide bonds. The van der Waals surface area contributed by atoms with Crippen LogP contribution < -0.4 is 4.90 Å². The molecule has 0 atom stereocenters. The number of amides is 1. The predicted octanol–water partition coefficient (Wildman–Crippen LogP) is 5.16. The summed E-state index contributed by atoms with van der Waals surface area (Å²) in [6.45, 7) is 6.18. The first kappa shape index (κ1) is 21.5. The van der Waals surface area contributed by atoms with E-state index in [1.807, 2.05) is 6.08 Å². The number of hydrogen-bond acceptors (Lipinski definition) is 2. The molecule has 0 aromatic heterocycles. The van der Waals surface area contributed by atoms with Crippen LogP contribution in [-0.4, -0.2) is 37.0 Å². The van der Waals surface area contributed by atoms with E-state index in [-0.39, 0.29) is 12.1 Å². The molecule has 0 saturated carbocycles. The largest absolute Gasteiger partial charge is 0.419 e. The molecule has 8 heteroatoms. The Labute approximate surface area is 176 Å². The molecule has 4 rings (SSSR count). The number of fused-ring (bicyclic) bond motifs is 2. The van der Waals surface area contributed by atoms with Gasteiger partial charge in [0, 0.05) is 29.8 Å². The third kappa shape index (κ3) is 3.84. The smallest absolute Gasteiger partial charge is 0.307 e. The van der Waals surface area contributed by atoms with Gasteiger partial charge in [0.15, 0.2) is 0 Å². The van der Waals surface area contributed by atoms with Gasteiger partial charge in [-0.25, -0.2) is 8.78 Å². The summed E-state index contributed by atoms with van der Waals surface area (Å²) in [6, 6.07) is 6.38. The summed E-state index contributed by atoms with van der Waals surface area (Å²) < 4.78 is 67.1. The Bertz CT molecular complexity index is 1030. The van der Waals surface area contributed by atoms with Crippen LogP contribution in [0.5, 0.6) is 0 Å². The fourth-order valence-electron chi connectivity index (χ4n) is 4.63. The maximum Gasteiger partial charge on any atom is 0.419 e. The minimum atomic E-state index is -4.91. The Morgan fingerprint density at radius 3 is 2.45 bits per heavy atom. The number of hydrogen-bond donors (Lipinski definition) is 0. The van der Waals surface area contributed by atoms with Gasteiger partial charge in [-0.05, 0) is 67.9 Å². The molecule has 0 radical (unpaired) electrons. The maximum atomic E-state index is 14.1. The van der Waals surface area contributed by atoms with Crippen molar-refractivity contribution < 1.29 is 26.7 Å². The van der Waals surface area contributed by atoms with E-state index in [1.165, 1.54) is 23.1 Å². The molecular formula is C23H21F5N2O. The molecule has 2 aromatic carbocycles. The lowest BCUT2D eigenvalue weighted by molar-refractivity contribution is -0.140. The molecular weight excluding hydrogens is 415 g/mol. The summed E-state index contributed by atoms with van der Waals surface area (Å²) in [5.74, 6) is -2.52. The van der Waals surface area contributed by atoms with Gasteiger partial charge in [-0.3, -0.25) is 9.69 Å². The predicted molar refractivity (Wildman–Crippen MR) is 107 cm³/mol. The van der Waals surface area contributed by atoms with Crippen molar-refractivity contribution in [1.29, 1.82) is 0 Å². The Hall–Kier alpha value is -2.74. The highest BCUT2D eigenvalue weighted by molar-refractivity contribution is 6.08. The Kier molecular flexibility index (Phi) is 5.37. The number of likely N-dealkylation sites (tertiary alicyclic amines) is 1. The quantitative estimate of drug-likeness (QED) is 0.490. The van der Waals surface area contributed by atoms with Crippen LogP contribution in [0.25, 0.3) is 0 Å². The highest BCUT2D eigenvalue weighted by Crippen LogP contribution is 2.48. The average molecular weight is 436 g/mol. The summed E-state index contributed by atoms with van der Waals surface area (Å²) in [6.07, 6.45) is -1.74. The molecule has 0 bridgehead atoms. The van der Waals surface area contributed by atoms with Crippen LogP contribution in [0, 0.1) is 11.6 Å². The molecule has 2 heterocycles. The van der Waals surface area contributed by atoms with E-state index in [1.54, 1.807) is 0 Å². The van der Waals surface area contributed by atoms with E-state index in [9.17, 15) is 26.7 Å². The molecule has 1 fully saturated rings. The first-order valence-corrected chi connectivity index (χ1v) is 9.96. The highest BCUT2D eigenvalue weighted by Gasteiger charge is 2.47. The normalized spacial score (nSPS) is 18.3. The number of halogens is 5. The van der Waals surface area contributed by atoms with E-state index in [4.69, 9.17) is 0 Å². The zero-order valence-corrected chi connectivity index (χ0v) is 16.7. The van der Waals surface area contributed by atoms with Crippen LogP contribution >= 0.6 is 0 Å². The van der Waals surface area contributed by atoms with Gasteiger partial charge in [0.1, 0.15) is 11.6 Å². The summed E-state index contributed by atoms with van der Waals surface area (Å²) in [4.78, 5) is 16.8. The second-order valence-electron chi connectivity index (χ2n) is 8.11. The van der Waals surface area contributed by atoms with Crippen molar-refractivity contribution in [1.82, 2.24) is 4.90 Å². The number of piperidine rings is 1.